The molecule has 4 aromatic carbocycles. The Kier molecular flexibility index (Phi) is 5.58. The summed E-state index contributed by atoms with van der Waals surface area (Å²) < 4.78 is 0. The Labute approximate surface area is 179 Å². The van der Waals surface area contributed by atoms with Crippen molar-refractivity contribution in [3.8, 4) is 11.1 Å². The van der Waals surface area contributed by atoms with Crippen LogP contribution >= 0.6 is 0 Å². The molecule has 0 amide bonds. The summed E-state index contributed by atoms with van der Waals surface area (Å²) >= 11 is 0. The predicted molar refractivity (Wildman–Crippen MR) is 130 cm³/mol. The molecule has 150 valence electrons. The van der Waals surface area contributed by atoms with Crippen LogP contribution in [0.15, 0.2) is 84.9 Å². The highest BCUT2D eigenvalue weighted by Gasteiger charge is 2.04. The first-order chi connectivity index (χ1) is 14.5. The molecule has 0 bridgehead atoms. The minimum absolute atomic E-state index is 1.10. The van der Waals surface area contributed by atoms with Gasteiger partial charge in [-0.3, -0.25) is 0 Å². The standard InChI is InChI=1S/C28H28N2/c1-19-7-5-9-27(21(19)3)29-25-15-11-23(12-16-25)24-13-17-26(18-14-24)30-28-10-6-8-20(2)22(28)4/h5-18,29-30H,1-4H3. The van der Waals surface area contributed by atoms with Crippen LogP contribution in [0.5, 0.6) is 0 Å². The second kappa shape index (κ2) is 8.46. The molecule has 0 aliphatic heterocycles. The Bertz CT molecular complexity index is 1060. The highest BCUT2D eigenvalue weighted by Crippen LogP contribution is 2.28. The van der Waals surface area contributed by atoms with Crippen LogP contribution in [0.4, 0.5) is 22.7 Å². The van der Waals surface area contributed by atoms with Crippen molar-refractivity contribution < 1.29 is 0 Å². The van der Waals surface area contributed by atoms with E-state index in [9.17, 15) is 0 Å². The van der Waals surface area contributed by atoms with Crippen LogP contribution in [0.3, 0.4) is 0 Å². The molecule has 0 saturated heterocycles. The average Bonchev–Trinajstić information content (AvgIpc) is 2.76. The van der Waals surface area contributed by atoms with Gasteiger partial charge in [-0.05, 0) is 97.5 Å². The Balaban J connectivity index is 1.48. The number of hydrogen-bond donors (Lipinski definition) is 2. The first kappa shape index (κ1) is 19.8. The number of nitrogens with one attached hydrogen (secondary N) is 2. The van der Waals surface area contributed by atoms with Gasteiger partial charge in [-0.15, -0.1) is 0 Å². The zero-order valence-electron chi connectivity index (χ0n) is 18.1. The summed E-state index contributed by atoms with van der Waals surface area (Å²) in [5.41, 5.74) is 12.1. The molecule has 4 aromatic rings. The number of aryl methyl sites for hydroxylation is 2. The Morgan fingerprint density at radius 2 is 0.800 bits per heavy atom. The van der Waals surface area contributed by atoms with Crippen LogP contribution in [0.2, 0.25) is 0 Å². The highest BCUT2D eigenvalue weighted by molar-refractivity contribution is 5.72. The van der Waals surface area contributed by atoms with E-state index in [-0.39, 0.29) is 0 Å². The molecule has 0 fully saturated rings. The van der Waals surface area contributed by atoms with E-state index in [1.165, 1.54) is 33.4 Å². The molecule has 2 nitrogen and oxygen atoms in total. The molecule has 0 atom stereocenters. The minimum Gasteiger partial charge on any atom is -0.355 e. The van der Waals surface area contributed by atoms with Gasteiger partial charge in [0.25, 0.3) is 0 Å². The summed E-state index contributed by atoms with van der Waals surface area (Å²) in [6.07, 6.45) is 0. The normalized spacial score (nSPS) is 10.7. The van der Waals surface area contributed by atoms with Crippen LogP contribution < -0.4 is 10.6 Å². The SMILES string of the molecule is Cc1cccc(Nc2ccc(-c3ccc(Nc4cccc(C)c4C)cc3)cc2)c1C. The lowest BCUT2D eigenvalue weighted by Gasteiger charge is -2.13. The molecule has 30 heavy (non-hydrogen) atoms. The Morgan fingerprint density at radius 1 is 0.433 bits per heavy atom. The molecule has 0 aromatic heterocycles. The van der Waals surface area contributed by atoms with E-state index >= 15 is 0 Å². The third kappa shape index (κ3) is 4.23. The second-order valence-corrected chi connectivity index (χ2v) is 7.90. The molecule has 4 rings (SSSR count). The van der Waals surface area contributed by atoms with E-state index in [4.69, 9.17) is 0 Å². The van der Waals surface area contributed by atoms with Gasteiger partial charge in [0.05, 0.1) is 0 Å². The molecule has 0 unspecified atom stereocenters. The van der Waals surface area contributed by atoms with Gasteiger partial charge in [-0.2, -0.15) is 0 Å². The first-order valence-electron chi connectivity index (χ1n) is 10.4. The van der Waals surface area contributed by atoms with E-state index in [2.05, 4.69) is 123 Å². The monoisotopic (exact) mass is 392 g/mol. The van der Waals surface area contributed by atoms with Crippen molar-refractivity contribution in [3.63, 3.8) is 0 Å². The fourth-order valence-electron chi connectivity index (χ4n) is 3.58. The number of anilines is 4. The maximum Gasteiger partial charge on any atom is 0.0416 e. The largest absolute Gasteiger partial charge is 0.355 e. The number of rotatable bonds is 5. The summed E-state index contributed by atoms with van der Waals surface area (Å²) in [7, 11) is 0. The summed E-state index contributed by atoms with van der Waals surface area (Å²) in [6, 6.07) is 29.9. The highest BCUT2D eigenvalue weighted by atomic mass is 14.9. The molecule has 0 aliphatic rings. The van der Waals surface area contributed by atoms with Gasteiger partial charge in [0, 0.05) is 22.7 Å². The van der Waals surface area contributed by atoms with Crippen molar-refractivity contribution in [1.82, 2.24) is 0 Å². The molecule has 0 saturated carbocycles. The maximum atomic E-state index is 3.53. The summed E-state index contributed by atoms with van der Waals surface area (Å²) in [6.45, 7) is 8.59. The van der Waals surface area contributed by atoms with E-state index < -0.39 is 0 Å². The van der Waals surface area contributed by atoms with Crippen LogP contribution in [0, 0.1) is 27.7 Å². The topological polar surface area (TPSA) is 24.1 Å². The lowest BCUT2D eigenvalue weighted by Crippen LogP contribution is -1.95. The van der Waals surface area contributed by atoms with Gasteiger partial charge >= 0.3 is 0 Å². The van der Waals surface area contributed by atoms with E-state index in [1.54, 1.807) is 0 Å². The summed E-state index contributed by atoms with van der Waals surface area (Å²) in [4.78, 5) is 0. The van der Waals surface area contributed by atoms with Crippen molar-refractivity contribution in [2.45, 2.75) is 27.7 Å². The lowest BCUT2D eigenvalue weighted by atomic mass is 10.0. The van der Waals surface area contributed by atoms with Gasteiger partial charge < -0.3 is 10.6 Å². The third-order valence-corrected chi connectivity index (χ3v) is 5.87. The maximum absolute atomic E-state index is 3.53. The van der Waals surface area contributed by atoms with Crippen LogP contribution in [0.25, 0.3) is 11.1 Å². The van der Waals surface area contributed by atoms with Crippen molar-refractivity contribution in [2.75, 3.05) is 10.6 Å². The zero-order valence-corrected chi connectivity index (χ0v) is 18.1. The molecule has 0 heterocycles. The Hall–Kier alpha value is -3.52. The number of hydrogen-bond acceptors (Lipinski definition) is 2. The van der Waals surface area contributed by atoms with Crippen molar-refractivity contribution in [2.24, 2.45) is 0 Å². The minimum atomic E-state index is 1.10. The van der Waals surface area contributed by atoms with Gasteiger partial charge in [-0.1, -0.05) is 48.5 Å². The van der Waals surface area contributed by atoms with E-state index in [0.717, 1.165) is 22.7 Å². The van der Waals surface area contributed by atoms with Crippen molar-refractivity contribution in [1.29, 1.82) is 0 Å². The molecular formula is C28H28N2. The smallest absolute Gasteiger partial charge is 0.0416 e. The predicted octanol–water partition coefficient (Wildman–Crippen LogP) is 8.07. The van der Waals surface area contributed by atoms with Crippen LogP contribution in [-0.4, -0.2) is 0 Å². The van der Waals surface area contributed by atoms with Gasteiger partial charge in [0.2, 0.25) is 0 Å². The molecule has 2 N–H and O–H groups in total. The molecule has 0 spiro atoms. The van der Waals surface area contributed by atoms with E-state index in [0.29, 0.717) is 0 Å². The Morgan fingerprint density at radius 3 is 1.17 bits per heavy atom. The summed E-state index contributed by atoms with van der Waals surface area (Å²) in [5, 5.41) is 7.06. The van der Waals surface area contributed by atoms with Crippen molar-refractivity contribution in [3.05, 3.63) is 107 Å². The van der Waals surface area contributed by atoms with Crippen molar-refractivity contribution >= 4 is 22.7 Å². The summed E-state index contributed by atoms with van der Waals surface area (Å²) in [5.74, 6) is 0. The van der Waals surface area contributed by atoms with Gasteiger partial charge in [0.1, 0.15) is 0 Å². The van der Waals surface area contributed by atoms with Gasteiger partial charge in [-0.25, -0.2) is 0 Å². The van der Waals surface area contributed by atoms with Crippen LogP contribution in [0.1, 0.15) is 22.3 Å². The molecule has 0 radical (unpaired) electrons. The molecule has 2 heteroatoms. The second-order valence-electron chi connectivity index (χ2n) is 7.90. The molecular weight excluding hydrogens is 364 g/mol. The third-order valence-electron chi connectivity index (χ3n) is 5.87. The number of benzene rings is 4. The fraction of sp³-hybridized carbons (Fsp3) is 0.143. The first-order valence-corrected chi connectivity index (χ1v) is 10.4. The molecule has 0 aliphatic carbocycles. The quantitative estimate of drug-likeness (QED) is 0.359. The van der Waals surface area contributed by atoms with Crippen LogP contribution in [-0.2, 0) is 0 Å². The van der Waals surface area contributed by atoms with E-state index in [1.807, 2.05) is 0 Å². The zero-order chi connectivity index (χ0) is 21.1. The fourth-order valence-corrected chi connectivity index (χ4v) is 3.58. The van der Waals surface area contributed by atoms with Gasteiger partial charge in [0.15, 0.2) is 0 Å². The lowest BCUT2D eigenvalue weighted by molar-refractivity contribution is 1.33. The average molecular weight is 393 g/mol.